The van der Waals surface area contributed by atoms with E-state index in [-0.39, 0.29) is 18.0 Å². The Kier molecular flexibility index (Phi) is 4.45. The van der Waals surface area contributed by atoms with E-state index in [1.54, 1.807) is 29.4 Å². The molecule has 2 rings (SSSR count). The summed E-state index contributed by atoms with van der Waals surface area (Å²) in [6.07, 6.45) is 5.35. The molecule has 0 bridgehead atoms. The van der Waals surface area contributed by atoms with Crippen LogP contribution in [0.2, 0.25) is 0 Å². The molecule has 2 amide bonds. The molecule has 21 heavy (non-hydrogen) atoms. The number of carbonyl (C=O) groups excluding carboxylic acids is 1. The summed E-state index contributed by atoms with van der Waals surface area (Å²) in [6, 6.07) is 2.26. The smallest absolute Gasteiger partial charge is 0.326 e. The van der Waals surface area contributed by atoms with Crippen LogP contribution >= 0.6 is 0 Å². The fraction of sp³-hybridized carbons (Fsp3) is 0.533. The second kappa shape index (κ2) is 6.11. The molecule has 1 saturated heterocycles. The van der Waals surface area contributed by atoms with Crippen LogP contribution in [0.5, 0.6) is 0 Å². The number of pyridine rings is 1. The molecule has 1 aliphatic heterocycles. The van der Waals surface area contributed by atoms with Crippen LogP contribution in [0, 0.1) is 0 Å². The highest BCUT2D eigenvalue weighted by Gasteiger charge is 2.36. The van der Waals surface area contributed by atoms with Gasteiger partial charge in [-0.15, -0.1) is 0 Å². The lowest BCUT2D eigenvalue weighted by atomic mass is 10.0. The number of nitrogens with zero attached hydrogens (tertiary/aromatic N) is 2. The molecule has 0 saturated carbocycles. The van der Waals surface area contributed by atoms with Gasteiger partial charge in [-0.3, -0.25) is 4.98 Å². The highest BCUT2D eigenvalue weighted by molar-refractivity contribution is 5.83. The van der Waals surface area contributed by atoms with Crippen LogP contribution in [-0.2, 0) is 11.2 Å². The van der Waals surface area contributed by atoms with Gasteiger partial charge in [-0.1, -0.05) is 0 Å². The van der Waals surface area contributed by atoms with Crippen molar-refractivity contribution < 1.29 is 14.7 Å². The summed E-state index contributed by atoms with van der Waals surface area (Å²) in [5.41, 5.74) is 0.613. The topological polar surface area (TPSA) is 82.5 Å². The van der Waals surface area contributed by atoms with Gasteiger partial charge in [0.25, 0.3) is 0 Å². The Balaban J connectivity index is 2.03. The average Bonchev–Trinajstić information content (AvgIpc) is 2.78. The molecule has 1 fully saturated rings. The number of nitrogens with one attached hydrogen (secondary N) is 1. The van der Waals surface area contributed by atoms with E-state index in [9.17, 15) is 14.7 Å². The van der Waals surface area contributed by atoms with Crippen molar-refractivity contribution >= 4 is 12.0 Å². The lowest BCUT2D eigenvalue weighted by Gasteiger charge is -2.32. The van der Waals surface area contributed by atoms with E-state index >= 15 is 0 Å². The summed E-state index contributed by atoms with van der Waals surface area (Å²) in [5.74, 6) is -1.03. The minimum absolute atomic E-state index is 0.218. The summed E-state index contributed by atoms with van der Waals surface area (Å²) in [6.45, 7) is 4.66. The number of rotatable bonds is 4. The number of amides is 2. The SMILES string of the molecule is CC1(C)CCCN1C(=O)NC(Cc1ccncc1)C(=O)O. The zero-order chi connectivity index (χ0) is 15.5. The molecular formula is C15H21N3O3. The number of urea groups is 1. The first-order valence-corrected chi connectivity index (χ1v) is 7.10. The summed E-state index contributed by atoms with van der Waals surface area (Å²) in [5, 5.41) is 11.9. The Hall–Kier alpha value is -2.11. The van der Waals surface area contributed by atoms with Gasteiger partial charge in [0.1, 0.15) is 6.04 Å². The average molecular weight is 291 g/mol. The van der Waals surface area contributed by atoms with Crippen molar-refractivity contribution in [2.24, 2.45) is 0 Å². The third-order valence-electron chi connectivity index (χ3n) is 3.93. The van der Waals surface area contributed by atoms with E-state index < -0.39 is 12.0 Å². The van der Waals surface area contributed by atoms with Crippen molar-refractivity contribution in [1.29, 1.82) is 0 Å². The third kappa shape index (κ3) is 3.71. The minimum atomic E-state index is -1.03. The first kappa shape index (κ1) is 15.3. The van der Waals surface area contributed by atoms with Gasteiger partial charge in [-0.05, 0) is 44.4 Å². The molecule has 1 atom stereocenters. The van der Waals surface area contributed by atoms with Crippen LogP contribution in [0.1, 0.15) is 32.3 Å². The molecule has 0 aliphatic carbocycles. The van der Waals surface area contributed by atoms with Crippen LogP contribution in [0.25, 0.3) is 0 Å². The van der Waals surface area contributed by atoms with Crippen LogP contribution in [-0.4, -0.2) is 45.1 Å². The Morgan fingerprint density at radius 1 is 1.43 bits per heavy atom. The maximum atomic E-state index is 12.3. The fourth-order valence-electron chi connectivity index (χ4n) is 2.67. The molecule has 1 unspecified atom stereocenters. The molecule has 114 valence electrons. The minimum Gasteiger partial charge on any atom is -0.480 e. The predicted octanol–water partition coefficient (Wildman–Crippen LogP) is 1.66. The molecule has 1 aliphatic rings. The molecule has 6 nitrogen and oxygen atoms in total. The Morgan fingerprint density at radius 2 is 2.10 bits per heavy atom. The van der Waals surface area contributed by atoms with Gasteiger partial charge in [0, 0.05) is 30.9 Å². The Morgan fingerprint density at radius 3 is 2.62 bits per heavy atom. The maximum Gasteiger partial charge on any atom is 0.326 e. The van der Waals surface area contributed by atoms with Crippen LogP contribution in [0.15, 0.2) is 24.5 Å². The number of aliphatic carboxylic acids is 1. The number of hydrogen-bond acceptors (Lipinski definition) is 3. The molecule has 0 radical (unpaired) electrons. The van der Waals surface area contributed by atoms with Gasteiger partial charge < -0.3 is 15.3 Å². The standard InChI is InChI=1S/C15H21N3O3/c1-15(2)6-3-9-18(15)14(21)17-12(13(19)20)10-11-4-7-16-8-5-11/h4-5,7-8,12H,3,6,9-10H2,1-2H3,(H,17,21)(H,19,20). The highest BCUT2D eigenvalue weighted by Crippen LogP contribution is 2.28. The van der Waals surface area contributed by atoms with E-state index in [0.717, 1.165) is 18.4 Å². The van der Waals surface area contributed by atoms with Crippen molar-refractivity contribution in [3.8, 4) is 0 Å². The highest BCUT2D eigenvalue weighted by atomic mass is 16.4. The lowest BCUT2D eigenvalue weighted by molar-refractivity contribution is -0.139. The third-order valence-corrected chi connectivity index (χ3v) is 3.93. The van der Waals surface area contributed by atoms with Crippen LogP contribution in [0.4, 0.5) is 4.79 Å². The van der Waals surface area contributed by atoms with Crippen molar-refractivity contribution in [2.45, 2.75) is 44.7 Å². The quantitative estimate of drug-likeness (QED) is 0.884. The number of aromatic nitrogens is 1. The van der Waals surface area contributed by atoms with Crippen LogP contribution in [0.3, 0.4) is 0 Å². The molecule has 0 spiro atoms. The molecular weight excluding hydrogens is 270 g/mol. The molecule has 6 heteroatoms. The molecule has 0 aromatic carbocycles. The van der Waals surface area contributed by atoms with Gasteiger partial charge in [0.2, 0.25) is 0 Å². The molecule has 2 N–H and O–H groups in total. The normalized spacial score (nSPS) is 18.3. The van der Waals surface area contributed by atoms with Crippen molar-refractivity contribution in [1.82, 2.24) is 15.2 Å². The van der Waals surface area contributed by atoms with Gasteiger partial charge >= 0.3 is 12.0 Å². The maximum absolute atomic E-state index is 12.3. The number of carboxylic acid groups (broad SMARTS) is 1. The van der Waals surface area contributed by atoms with E-state index in [1.165, 1.54) is 0 Å². The summed E-state index contributed by atoms with van der Waals surface area (Å²) in [7, 11) is 0. The van der Waals surface area contributed by atoms with Gasteiger partial charge in [-0.2, -0.15) is 0 Å². The molecule has 1 aromatic heterocycles. The van der Waals surface area contributed by atoms with E-state index in [0.29, 0.717) is 6.54 Å². The van der Waals surface area contributed by atoms with Crippen LogP contribution < -0.4 is 5.32 Å². The van der Waals surface area contributed by atoms with Gasteiger partial charge in [0.15, 0.2) is 0 Å². The van der Waals surface area contributed by atoms with E-state index in [4.69, 9.17) is 0 Å². The summed E-state index contributed by atoms with van der Waals surface area (Å²) < 4.78 is 0. The number of hydrogen-bond donors (Lipinski definition) is 2. The first-order valence-electron chi connectivity index (χ1n) is 7.10. The Labute approximate surface area is 124 Å². The number of likely N-dealkylation sites (tertiary alicyclic amines) is 1. The summed E-state index contributed by atoms with van der Waals surface area (Å²) in [4.78, 5) is 29.3. The first-order chi connectivity index (χ1) is 9.90. The second-order valence-electron chi connectivity index (χ2n) is 5.97. The Bertz CT molecular complexity index is 516. The fourth-order valence-corrected chi connectivity index (χ4v) is 2.67. The second-order valence-corrected chi connectivity index (χ2v) is 5.97. The number of carboxylic acids is 1. The lowest BCUT2D eigenvalue weighted by Crippen LogP contribution is -2.53. The zero-order valence-corrected chi connectivity index (χ0v) is 12.4. The number of carbonyl (C=O) groups is 2. The zero-order valence-electron chi connectivity index (χ0n) is 12.4. The van der Waals surface area contributed by atoms with Crippen molar-refractivity contribution in [3.63, 3.8) is 0 Å². The van der Waals surface area contributed by atoms with E-state index in [1.807, 2.05) is 13.8 Å². The van der Waals surface area contributed by atoms with Gasteiger partial charge in [-0.25, -0.2) is 9.59 Å². The summed E-state index contributed by atoms with van der Waals surface area (Å²) >= 11 is 0. The van der Waals surface area contributed by atoms with Crippen molar-refractivity contribution in [2.75, 3.05) is 6.54 Å². The van der Waals surface area contributed by atoms with E-state index in [2.05, 4.69) is 10.3 Å². The molecule has 1 aromatic rings. The van der Waals surface area contributed by atoms with Crippen molar-refractivity contribution in [3.05, 3.63) is 30.1 Å². The van der Waals surface area contributed by atoms with Gasteiger partial charge in [0.05, 0.1) is 0 Å². The molecule has 2 heterocycles. The largest absolute Gasteiger partial charge is 0.480 e. The monoisotopic (exact) mass is 291 g/mol. The predicted molar refractivity (Wildman–Crippen MR) is 77.9 cm³/mol.